The Hall–Kier alpha value is -5.17. The Morgan fingerprint density at radius 2 is 1.41 bits per heavy atom. The molecular formula is C45H36BrNO4. The number of carbonyl (C=O) groups excluding carboxylic acids is 1. The number of carbonyl (C=O) groups is 1. The van der Waals surface area contributed by atoms with Crippen LogP contribution in [0.2, 0.25) is 0 Å². The molecule has 2 heterocycles. The number of methoxy groups -OCH3 is 1. The van der Waals surface area contributed by atoms with Gasteiger partial charge in [0.25, 0.3) is 5.91 Å². The number of amides is 1. The molecule has 252 valence electrons. The van der Waals surface area contributed by atoms with E-state index in [1.807, 2.05) is 67.6 Å². The molecule has 3 aliphatic rings. The van der Waals surface area contributed by atoms with Gasteiger partial charge in [0.05, 0.1) is 12.7 Å². The second-order valence-electron chi connectivity index (χ2n) is 14.4. The minimum atomic E-state index is -1.60. The van der Waals surface area contributed by atoms with Gasteiger partial charge in [-0.2, -0.15) is 0 Å². The Morgan fingerprint density at radius 1 is 0.765 bits per heavy atom. The van der Waals surface area contributed by atoms with Gasteiger partial charge in [0.1, 0.15) is 11.5 Å². The summed E-state index contributed by atoms with van der Waals surface area (Å²) in [4.78, 5) is 15.9. The number of fused-ring (bicyclic) bond motifs is 10. The van der Waals surface area contributed by atoms with Crippen LogP contribution in [0.25, 0.3) is 28.0 Å². The Morgan fingerprint density at radius 3 is 2.10 bits per heavy atom. The molecule has 0 bridgehead atoms. The molecule has 9 rings (SSSR count). The van der Waals surface area contributed by atoms with E-state index in [4.69, 9.17) is 9.47 Å². The van der Waals surface area contributed by atoms with Gasteiger partial charge in [-0.25, -0.2) is 0 Å². The van der Waals surface area contributed by atoms with E-state index < -0.39 is 16.7 Å². The largest absolute Gasteiger partial charge is 0.497 e. The maximum atomic E-state index is 14.4. The summed E-state index contributed by atoms with van der Waals surface area (Å²) in [7, 11) is 1.67. The fourth-order valence-corrected chi connectivity index (χ4v) is 9.10. The summed E-state index contributed by atoms with van der Waals surface area (Å²) in [6.45, 7) is 8.22. The van der Waals surface area contributed by atoms with Crippen molar-refractivity contribution in [3.63, 3.8) is 0 Å². The molecule has 1 N–H and O–H groups in total. The SMILES string of the molecule is COc1ccc(C2(c3ccccc3)C=Cc3c4c(c5ccccc5c3O2)-c2c(cc(C)c3c2C(C)(O)N(c2ccc(Br)cc2)C3=O)C4(C)C)cc1. The van der Waals surface area contributed by atoms with Crippen LogP contribution in [0.3, 0.4) is 0 Å². The quantitative estimate of drug-likeness (QED) is 0.196. The van der Waals surface area contributed by atoms with E-state index in [1.165, 1.54) is 4.90 Å². The zero-order chi connectivity index (χ0) is 35.4. The lowest BCUT2D eigenvalue weighted by Gasteiger charge is -2.38. The number of halogens is 1. The molecule has 2 aliphatic heterocycles. The molecule has 6 heteroatoms. The number of hydrogen-bond donors (Lipinski definition) is 1. The first-order valence-electron chi connectivity index (χ1n) is 17.2. The summed E-state index contributed by atoms with van der Waals surface area (Å²) >= 11 is 3.51. The molecular weight excluding hydrogens is 698 g/mol. The molecule has 2 atom stereocenters. The van der Waals surface area contributed by atoms with Crippen molar-refractivity contribution < 1.29 is 19.4 Å². The minimum Gasteiger partial charge on any atom is -0.497 e. The van der Waals surface area contributed by atoms with Crippen LogP contribution in [-0.4, -0.2) is 18.1 Å². The lowest BCUT2D eigenvalue weighted by Crippen LogP contribution is -2.41. The van der Waals surface area contributed by atoms with E-state index in [-0.39, 0.29) is 5.91 Å². The van der Waals surface area contributed by atoms with E-state index in [1.54, 1.807) is 14.0 Å². The second kappa shape index (κ2) is 10.9. The normalized spacial score (nSPS) is 20.8. The topological polar surface area (TPSA) is 59.0 Å². The van der Waals surface area contributed by atoms with E-state index in [2.05, 4.69) is 90.5 Å². The van der Waals surface area contributed by atoms with E-state index in [0.29, 0.717) is 16.8 Å². The highest BCUT2D eigenvalue weighted by Crippen LogP contribution is 2.61. The van der Waals surface area contributed by atoms with Crippen LogP contribution in [-0.2, 0) is 16.7 Å². The predicted octanol–water partition coefficient (Wildman–Crippen LogP) is 10.4. The number of rotatable bonds is 4. The highest BCUT2D eigenvalue weighted by atomic mass is 79.9. The maximum absolute atomic E-state index is 14.4. The third kappa shape index (κ3) is 4.27. The van der Waals surface area contributed by atoms with Crippen LogP contribution in [0, 0.1) is 6.92 Å². The van der Waals surface area contributed by atoms with Crippen molar-refractivity contribution >= 4 is 44.4 Å². The summed E-state index contributed by atoms with van der Waals surface area (Å²) in [5.41, 5.74) is 6.89. The van der Waals surface area contributed by atoms with Gasteiger partial charge in [-0.05, 0) is 89.5 Å². The Kier molecular flexibility index (Phi) is 6.80. The first-order valence-corrected chi connectivity index (χ1v) is 18.0. The molecule has 0 saturated heterocycles. The summed E-state index contributed by atoms with van der Waals surface area (Å²) in [6, 6.07) is 36.4. The van der Waals surface area contributed by atoms with Crippen molar-refractivity contribution in [2.24, 2.45) is 0 Å². The maximum Gasteiger partial charge on any atom is 0.261 e. The molecule has 6 aromatic rings. The molecule has 51 heavy (non-hydrogen) atoms. The zero-order valence-corrected chi connectivity index (χ0v) is 30.6. The van der Waals surface area contributed by atoms with Gasteiger partial charge in [-0.15, -0.1) is 0 Å². The van der Waals surface area contributed by atoms with E-state index >= 15 is 0 Å². The Labute approximate surface area is 305 Å². The molecule has 0 fully saturated rings. The van der Waals surface area contributed by atoms with Gasteiger partial charge < -0.3 is 14.6 Å². The van der Waals surface area contributed by atoms with Crippen molar-refractivity contribution in [2.45, 2.75) is 44.4 Å². The van der Waals surface area contributed by atoms with Crippen LogP contribution in [0.4, 0.5) is 5.69 Å². The van der Waals surface area contributed by atoms with Crippen LogP contribution < -0.4 is 14.4 Å². The number of aliphatic hydroxyl groups is 1. The van der Waals surface area contributed by atoms with Gasteiger partial charge in [-0.1, -0.05) is 109 Å². The lowest BCUT2D eigenvalue weighted by molar-refractivity contribution is 0.0558. The predicted molar refractivity (Wildman–Crippen MR) is 207 cm³/mol. The van der Waals surface area contributed by atoms with Gasteiger partial charge >= 0.3 is 0 Å². The van der Waals surface area contributed by atoms with Crippen LogP contribution in [0.15, 0.2) is 120 Å². The fraction of sp³-hybridized carbons (Fsp3) is 0.178. The van der Waals surface area contributed by atoms with E-state index in [9.17, 15) is 9.90 Å². The summed E-state index contributed by atoms with van der Waals surface area (Å²) in [6.07, 6.45) is 4.39. The number of benzene rings is 6. The Bertz CT molecular complexity index is 2460. The van der Waals surface area contributed by atoms with Gasteiger partial charge in [0.2, 0.25) is 0 Å². The summed E-state index contributed by atoms with van der Waals surface area (Å²) < 4.78 is 13.8. The molecule has 0 aromatic heterocycles. The number of ether oxygens (including phenoxy) is 2. The number of nitrogens with zero attached hydrogens (tertiary/aromatic N) is 1. The molecule has 5 nitrogen and oxygen atoms in total. The average Bonchev–Trinajstić information content (AvgIpc) is 3.51. The van der Waals surface area contributed by atoms with E-state index in [0.717, 1.165) is 71.3 Å². The van der Waals surface area contributed by atoms with Crippen molar-refractivity contribution in [2.75, 3.05) is 12.0 Å². The standard InChI is InChI=1S/C45H36BrNO4/c1-26-25-35-38(40-36(26)42(48)47(44(40,4)49)30-19-17-29(46)18-20-30)37-32-13-9-10-14-33(32)41-34(39(37)43(35,2)3)23-24-45(51-41,27-11-7-6-8-12-27)28-15-21-31(50-5)22-16-28/h6-25,49H,1-5H3. The summed E-state index contributed by atoms with van der Waals surface area (Å²) in [5, 5.41) is 14.6. The fourth-order valence-electron chi connectivity index (χ4n) is 8.84. The zero-order valence-electron chi connectivity index (χ0n) is 29.0. The molecule has 2 unspecified atom stereocenters. The molecule has 0 spiro atoms. The highest BCUT2D eigenvalue weighted by molar-refractivity contribution is 9.10. The number of anilines is 1. The number of hydrogen-bond acceptors (Lipinski definition) is 4. The van der Waals surface area contributed by atoms with Crippen molar-refractivity contribution in [3.8, 4) is 22.6 Å². The molecule has 1 aliphatic carbocycles. The second-order valence-corrected chi connectivity index (χ2v) is 15.3. The van der Waals surface area contributed by atoms with Crippen LogP contribution in [0.5, 0.6) is 11.5 Å². The first kappa shape index (κ1) is 31.8. The van der Waals surface area contributed by atoms with Crippen molar-refractivity contribution in [1.29, 1.82) is 0 Å². The van der Waals surface area contributed by atoms with Crippen molar-refractivity contribution in [3.05, 3.63) is 164 Å². The smallest absolute Gasteiger partial charge is 0.261 e. The first-order chi connectivity index (χ1) is 24.5. The minimum absolute atomic E-state index is 0.207. The highest BCUT2D eigenvalue weighted by Gasteiger charge is 2.53. The monoisotopic (exact) mass is 733 g/mol. The molecule has 0 radical (unpaired) electrons. The van der Waals surface area contributed by atoms with Gasteiger partial charge in [0, 0.05) is 43.2 Å². The van der Waals surface area contributed by atoms with Crippen LogP contribution in [0.1, 0.15) is 70.1 Å². The lowest BCUT2D eigenvalue weighted by atomic mass is 9.76. The molecule has 1 amide bonds. The van der Waals surface area contributed by atoms with Crippen LogP contribution >= 0.6 is 15.9 Å². The Balaban J connectivity index is 1.33. The third-order valence-electron chi connectivity index (χ3n) is 11.2. The van der Waals surface area contributed by atoms with Crippen molar-refractivity contribution in [1.82, 2.24) is 0 Å². The molecule has 0 saturated carbocycles. The number of aryl methyl sites for hydroxylation is 1. The molecule has 6 aromatic carbocycles. The van der Waals surface area contributed by atoms with Gasteiger partial charge in [-0.3, -0.25) is 9.69 Å². The third-order valence-corrected chi connectivity index (χ3v) is 11.7. The average molecular weight is 735 g/mol. The summed E-state index contributed by atoms with van der Waals surface area (Å²) in [5.74, 6) is 1.38. The van der Waals surface area contributed by atoms with Gasteiger partial charge in [0.15, 0.2) is 11.3 Å².